The van der Waals surface area contributed by atoms with Gasteiger partial charge in [0.15, 0.2) is 0 Å². The number of rotatable bonds is 1. The zero-order valence-corrected chi connectivity index (χ0v) is 11.4. The summed E-state index contributed by atoms with van der Waals surface area (Å²) in [4.78, 5) is 14.8. The topological polar surface area (TPSA) is 52.6 Å². The van der Waals surface area contributed by atoms with E-state index in [0.717, 1.165) is 45.4 Å². The zero-order chi connectivity index (χ0) is 13.0. The molecular weight excluding hydrogens is 228 g/mol. The van der Waals surface area contributed by atoms with Gasteiger partial charge in [-0.3, -0.25) is 4.79 Å². The first-order valence-corrected chi connectivity index (χ1v) is 7.17. The minimum atomic E-state index is -0.467. The molecular formula is C14H24N2O2. The van der Waals surface area contributed by atoms with E-state index in [1.54, 1.807) is 0 Å². The van der Waals surface area contributed by atoms with Gasteiger partial charge in [-0.2, -0.15) is 0 Å². The number of nitrogens with one attached hydrogen (secondary N) is 1. The third-order valence-corrected chi connectivity index (χ3v) is 5.66. The van der Waals surface area contributed by atoms with Crippen LogP contribution < -0.4 is 5.32 Å². The van der Waals surface area contributed by atoms with Crippen LogP contribution in [0, 0.1) is 16.7 Å². The van der Waals surface area contributed by atoms with Gasteiger partial charge in [0.05, 0.1) is 11.5 Å². The second kappa shape index (κ2) is 3.94. The molecule has 102 valence electrons. The summed E-state index contributed by atoms with van der Waals surface area (Å²) < 4.78 is 0. The minimum absolute atomic E-state index is 0.0953. The highest BCUT2D eigenvalue weighted by Gasteiger charge is 2.65. The number of fused-ring (bicyclic) bond motifs is 2. The smallest absolute Gasteiger partial charge is 0.231 e. The van der Waals surface area contributed by atoms with Crippen LogP contribution in [0.1, 0.15) is 33.1 Å². The second-order valence-electron chi connectivity index (χ2n) is 6.86. The fourth-order valence-corrected chi connectivity index (χ4v) is 4.39. The van der Waals surface area contributed by atoms with Crippen molar-refractivity contribution in [3.8, 4) is 0 Å². The van der Waals surface area contributed by atoms with Gasteiger partial charge in [-0.05, 0) is 30.6 Å². The Morgan fingerprint density at radius 1 is 1.33 bits per heavy atom. The maximum Gasteiger partial charge on any atom is 0.231 e. The highest BCUT2D eigenvalue weighted by atomic mass is 16.3. The highest BCUT2D eigenvalue weighted by Crippen LogP contribution is 2.63. The Kier molecular flexibility index (Phi) is 2.72. The predicted molar refractivity (Wildman–Crippen MR) is 69.0 cm³/mol. The van der Waals surface area contributed by atoms with E-state index in [9.17, 15) is 9.90 Å². The lowest BCUT2D eigenvalue weighted by Crippen LogP contribution is -2.55. The molecule has 1 saturated heterocycles. The van der Waals surface area contributed by atoms with Gasteiger partial charge in [-0.15, -0.1) is 0 Å². The number of nitrogens with zero attached hydrogens (tertiary/aromatic N) is 1. The molecule has 1 heterocycles. The van der Waals surface area contributed by atoms with Crippen LogP contribution in [0.5, 0.6) is 0 Å². The average Bonchev–Trinajstić information content (AvgIpc) is 2.90. The molecule has 0 aromatic carbocycles. The summed E-state index contributed by atoms with van der Waals surface area (Å²) in [5.74, 6) is 0.726. The third kappa shape index (κ3) is 1.48. The molecule has 3 rings (SSSR count). The molecule has 0 aromatic rings. The van der Waals surface area contributed by atoms with Crippen LogP contribution >= 0.6 is 0 Å². The molecule has 1 amide bonds. The van der Waals surface area contributed by atoms with Crippen molar-refractivity contribution in [2.45, 2.75) is 39.2 Å². The van der Waals surface area contributed by atoms with Crippen LogP contribution in [0.25, 0.3) is 0 Å². The number of hydrogen-bond acceptors (Lipinski definition) is 3. The molecule has 2 bridgehead atoms. The van der Waals surface area contributed by atoms with Gasteiger partial charge in [-0.25, -0.2) is 0 Å². The molecule has 3 unspecified atom stereocenters. The van der Waals surface area contributed by atoms with E-state index in [-0.39, 0.29) is 11.3 Å². The Hall–Kier alpha value is -0.610. The summed E-state index contributed by atoms with van der Waals surface area (Å²) in [6, 6.07) is 0. The fraction of sp³-hybridized carbons (Fsp3) is 0.929. The van der Waals surface area contributed by atoms with E-state index in [0.29, 0.717) is 5.92 Å². The largest absolute Gasteiger partial charge is 0.391 e. The molecule has 3 fully saturated rings. The van der Waals surface area contributed by atoms with Gasteiger partial charge in [0.25, 0.3) is 0 Å². The molecule has 2 saturated carbocycles. The molecule has 3 atom stereocenters. The number of carbonyl (C=O) groups is 1. The summed E-state index contributed by atoms with van der Waals surface area (Å²) in [5, 5.41) is 13.9. The maximum absolute atomic E-state index is 12.8. The molecule has 2 aliphatic carbocycles. The Morgan fingerprint density at radius 2 is 2.00 bits per heavy atom. The Bertz CT molecular complexity index is 363. The van der Waals surface area contributed by atoms with Gasteiger partial charge in [0, 0.05) is 26.2 Å². The van der Waals surface area contributed by atoms with Crippen molar-refractivity contribution in [2.75, 3.05) is 26.2 Å². The third-order valence-electron chi connectivity index (χ3n) is 5.66. The van der Waals surface area contributed by atoms with Crippen molar-refractivity contribution >= 4 is 5.91 Å². The van der Waals surface area contributed by atoms with E-state index in [1.807, 2.05) is 4.90 Å². The molecule has 4 nitrogen and oxygen atoms in total. The summed E-state index contributed by atoms with van der Waals surface area (Å²) in [6.07, 6.45) is 2.41. The first kappa shape index (κ1) is 12.4. The van der Waals surface area contributed by atoms with E-state index in [1.165, 1.54) is 0 Å². The van der Waals surface area contributed by atoms with Crippen molar-refractivity contribution in [1.82, 2.24) is 10.2 Å². The lowest BCUT2D eigenvalue weighted by Gasteiger charge is -2.42. The van der Waals surface area contributed by atoms with Crippen LogP contribution in [0.4, 0.5) is 0 Å². The average molecular weight is 252 g/mol. The van der Waals surface area contributed by atoms with E-state index in [2.05, 4.69) is 19.2 Å². The Labute approximate surface area is 109 Å². The SMILES string of the molecule is CC1(C)C2CCC(C(=O)N3CCNCC3)(C2)C1O. The van der Waals surface area contributed by atoms with Crippen LogP contribution in [-0.2, 0) is 4.79 Å². The van der Waals surface area contributed by atoms with Crippen molar-refractivity contribution in [2.24, 2.45) is 16.7 Å². The lowest BCUT2D eigenvalue weighted by atomic mass is 9.69. The summed E-state index contributed by atoms with van der Waals surface area (Å²) in [6.45, 7) is 7.58. The molecule has 18 heavy (non-hydrogen) atoms. The van der Waals surface area contributed by atoms with Gasteiger partial charge < -0.3 is 15.3 Å². The number of hydrogen-bond donors (Lipinski definition) is 2. The van der Waals surface area contributed by atoms with Gasteiger partial charge in [0.1, 0.15) is 0 Å². The van der Waals surface area contributed by atoms with Gasteiger partial charge >= 0.3 is 0 Å². The fourth-order valence-electron chi connectivity index (χ4n) is 4.39. The van der Waals surface area contributed by atoms with Crippen LogP contribution in [-0.4, -0.2) is 48.2 Å². The molecule has 2 N–H and O–H groups in total. The first-order valence-electron chi connectivity index (χ1n) is 7.17. The van der Waals surface area contributed by atoms with Crippen LogP contribution in [0.2, 0.25) is 0 Å². The number of amides is 1. The first-order chi connectivity index (χ1) is 8.48. The normalized spacial score (nSPS) is 42.3. The monoisotopic (exact) mass is 252 g/mol. The predicted octanol–water partition coefficient (Wildman–Crippen LogP) is 0.605. The van der Waals surface area contributed by atoms with Gasteiger partial charge in [-0.1, -0.05) is 13.8 Å². The second-order valence-corrected chi connectivity index (χ2v) is 6.86. The standard InChI is InChI=1S/C14H24N2O2/c1-13(2)10-3-4-14(9-10,11(13)17)12(18)16-7-5-15-6-8-16/h10-11,15,17H,3-9H2,1-2H3. The number of carbonyl (C=O) groups excluding carboxylic acids is 1. The Balaban J connectivity index is 1.84. The maximum atomic E-state index is 12.8. The molecule has 3 aliphatic rings. The van der Waals surface area contributed by atoms with Crippen molar-refractivity contribution in [1.29, 1.82) is 0 Å². The van der Waals surface area contributed by atoms with Crippen molar-refractivity contribution in [3.63, 3.8) is 0 Å². The van der Waals surface area contributed by atoms with Crippen molar-refractivity contribution < 1.29 is 9.90 Å². The molecule has 4 heteroatoms. The van der Waals surface area contributed by atoms with E-state index >= 15 is 0 Å². The molecule has 0 aromatic heterocycles. The summed E-state index contributed by atoms with van der Waals surface area (Å²) in [7, 11) is 0. The quantitative estimate of drug-likeness (QED) is 0.719. The summed E-state index contributed by atoms with van der Waals surface area (Å²) >= 11 is 0. The Morgan fingerprint density at radius 3 is 2.56 bits per heavy atom. The van der Waals surface area contributed by atoms with Crippen LogP contribution in [0.15, 0.2) is 0 Å². The molecule has 0 radical (unpaired) electrons. The van der Waals surface area contributed by atoms with Crippen molar-refractivity contribution in [3.05, 3.63) is 0 Å². The molecule has 0 spiro atoms. The minimum Gasteiger partial charge on any atom is -0.391 e. The van der Waals surface area contributed by atoms with E-state index < -0.39 is 11.5 Å². The zero-order valence-electron chi connectivity index (χ0n) is 11.4. The number of piperazine rings is 1. The number of aliphatic hydroxyl groups excluding tert-OH is 1. The lowest BCUT2D eigenvalue weighted by molar-refractivity contribution is -0.152. The van der Waals surface area contributed by atoms with Gasteiger partial charge in [0.2, 0.25) is 5.91 Å². The highest BCUT2D eigenvalue weighted by molar-refractivity contribution is 5.84. The van der Waals surface area contributed by atoms with Crippen LogP contribution in [0.3, 0.4) is 0 Å². The summed E-state index contributed by atoms with van der Waals surface area (Å²) in [5.41, 5.74) is -0.562. The molecule has 1 aliphatic heterocycles. The van der Waals surface area contributed by atoms with E-state index in [4.69, 9.17) is 0 Å². The number of aliphatic hydroxyl groups is 1.